The van der Waals surface area contributed by atoms with Crippen LogP contribution in [-0.2, 0) is 4.79 Å². The molecule has 0 unspecified atom stereocenters. The van der Waals surface area contributed by atoms with Crippen molar-refractivity contribution in [2.24, 2.45) is 0 Å². The third-order valence-corrected chi connectivity index (χ3v) is 5.33. The van der Waals surface area contributed by atoms with Gasteiger partial charge in [0.1, 0.15) is 0 Å². The molecule has 0 fully saturated rings. The Morgan fingerprint density at radius 2 is 1.12 bits per heavy atom. The van der Waals surface area contributed by atoms with Crippen LogP contribution in [0, 0.1) is 0 Å². The average Bonchev–Trinajstić information content (AvgIpc) is 2.29. The molecular weight excluding hydrogens is 219 g/mol. The van der Waals surface area contributed by atoms with E-state index in [0.717, 1.165) is 0 Å². The van der Waals surface area contributed by atoms with Crippen molar-refractivity contribution in [3.05, 3.63) is 0 Å². The van der Waals surface area contributed by atoms with Crippen LogP contribution in [0.3, 0.4) is 0 Å². The molecule has 0 saturated carbocycles. The minimum absolute atomic E-state index is 0.250. The van der Waals surface area contributed by atoms with Gasteiger partial charge in [-0.25, -0.2) is 0 Å². The molecule has 3 heteroatoms. The maximum atomic E-state index is 8.36. The van der Waals surface area contributed by atoms with Crippen molar-refractivity contribution in [3.63, 3.8) is 0 Å². The lowest BCUT2D eigenvalue weighted by Gasteiger charge is -2.16. The smallest absolute Gasteiger partial charge is 0.290 e. The summed E-state index contributed by atoms with van der Waals surface area (Å²) in [6, 6.07) is 0. The van der Waals surface area contributed by atoms with Crippen LogP contribution < -0.4 is 0 Å². The first kappa shape index (κ1) is 18.3. The van der Waals surface area contributed by atoms with Crippen molar-refractivity contribution in [2.75, 3.05) is 18.5 Å². The minimum atomic E-state index is -0.250. The first-order valence-corrected chi connectivity index (χ1v) is 8.46. The van der Waals surface area contributed by atoms with Gasteiger partial charge in [0.2, 0.25) is 0 Å². The van der Waals surface area contributed by atoms with Crippen LogP contribution in [0.1, 0.15) is 59.3 Å². The van der Waals surface area contributed by atoms with Gasteiger partial charge in [-0.05, 0) is 37.7 Å². The van der Waals surface area contributed by atoms with E-state index in [1.165, 1.54) is 38.5 Å². The molecule has 98 valence electrons. The first-order valence-electron chi connectivity index (χ1n) is 6.56. The molecule has 2 nitrogen and oxygen atoms in total. The summed E-state index contributed by atoms with van der Waals surface area (Å²) in [7, 11) is 0.422. The standard InChI is InChI=1S/C12H27P.CH2O2/c1-4-7-10-13(11-8-5-2)12-9-6-3;2-1-3/h4-12H2,1-3H3;1H,(H,2,3). The van der Waals surface area contributed by atoms with Crippen LogP contribution in [0.4, 0.5) is 0 Å². The summed E-state index contributed by atoms with van der Waals surface area (Å²) in [5.41, 5.74) is 0. The van der Waals surface area contributed by atoms with Crippen LogP contribution in [0.2, 0.25) is 0 Å². The molecule has 0 aromatic carbocycles. The Morgan fingerprint density at radius 1 is 0.875 bits per heavy atom. The Balaban J connectivity index is 0. The quantitative estimate of drug-likeness (QED) is 0.479. The van der Waals surface area contributed by atoms with Crippen molar-refractivity contribution in [1.29, 1.82) is 0 Å². The Morgan fingerprint density at radius 3 is 1.31 bits per heavy atom. The fourth-order valence-corrected chi connectivity index (χ4v) is 4.44. The maximum absolute atomic E-state index is 8.36. The van der Waals surface area contributed by atoms with Crippen molar-refractivity contribution >= 4 is 14.4 Å². The highest BCUT2D eigenvalue weighted by Gasteiger charge is 2.05. The number of hydrogen-bond donors (Lipinski definition) is 1. The number of carboxylic acid groups (broad SMARTS) is 1. The Bertz CT molecular complexity index is 110. The predicted octanol–water partition coefficient (Wildman–Crippen LogP) is 4.57. The lowest BCUT2D eigenvalue weighted by molar-refractivity contribution is -0.122. The van der Waals surface area contributed by atoms with Crippen molar-refractivity contribution in [2.45, 2.75) is 59.3 Å². The topological polar surface area (TPSA) is 37.3 Å². The van der Waals surface area contributed by atoms with Crippen LogP contribution in [-0.4, -0.2) is 30.1 Å². The van der Waals surface area contributed by atoms with E-state index in [-0.39, 0.29) is 6.47 Å². The number of rotatable bonds is 9. The molecule has 16 heavy (non-hydrogen) atoms. The summed E-state index contributed by atoms with van der Waals surface area (Å²) >= 11 is 0. The fraction of sp³-hybridized carbons (Fsp3) is 0.923. The van der Waals surface area contributed by atoms with E-state index < -0.39 is 0 Å². The third-order valence-electron chi connectivity index (χ3n) is 2.48. The minimum Gasteiger partial charge on any atom is -0.483 e. The lowest BCUT2D eigenvalue weighted by Crippen LogP contribution is -1.95. The highest BCUT2D eigenvalue weighted by Crippen LogP contribution is 2.38. The van der Waals surface area contributed by atoms with Crippen molar-refractivity contribution in [1.82, 2.24) is 0 Å². The molecule has 0 aliphatic carbocycles. The van der Waals surface area contributed by atoms with Gasteiger partial charge >= 0.3 is 0 Å². The zero-order valence-electron chi connectivity index (χ0n) is 11.2. The fourth-order valence-electron chi connectivity index (χ4n) is 1.48. The van der Waals surface area contributed by atoms with E-state index >= 15 is 0 Å². The van der Waals surface area contributed by atoms with E-state index in [1.807, 2.05) is 0 Å². The molecule has 0 heterocycles. The zero-order chi connectivity index (χ0) is 12.6. The van der Waals surface area contributed by atoms with E-state index in [9.17, 15) is 0 Å². The molecule has 0 aliphatic heterocycles. The summed E-state index contributed by atoms with van der Waals surface area (Å²) in [6.45, 7) is 6.69. The van der Waals surface area contributed by atoms with Gasteiger partial charge in [0.05, 0.1) is 0 Å². The third kappa shape index (κ3) is 16.3. The number of carbonyl (C=O) groups is 1. The molecule has 0 aromatic heterocycles. The number of unbranched alkanes of at least 4 members (excludes halogenated alkanes) is 3. The SMILES string of the molecule is CCCCP(CCCC)CCCC.O=CO. The first-order chi connectivity index (χ1) is 7.76. The molecule has 0 aliphatic rings. The summed E-state index contributed by atoms with van der Waals surface area (Å²) in [5, 5.41) is 6.89. The van der Waals surface area contributed by atoms with Gasteiger partial charge in [-0.15, -0.1) is 7.92 Å². The summed E-state index contributed by atoms with van der Waals surface area (Å²) in [6.07, 6.45) is 13.2. The Hall–Kier alpha value is -0.100. The molecule has 0 bridgehead atoms. The molecule has 0 atom stereocenters. The average molecular weight is 248 g/mol. The summed E-state index contributed by atoms with van der Waals surface area (Å²) < 4.78 is 0. The van der Waals surface area contributed by atoms with Crippen LogP contribution in [0.5, 0.6) is 0 Å². The monoisotopic (exact) mass is 248 g/mol. The Kier molecular flexibility index (Phi) is 19.8. The van der Waals surface area contributed by atoms with Gasteiger partial charge in [-0.1, -0.05) is 40.0 Å². The van der Waals surface area contributed by atoms with Crippen LogP contribution in [0.15, 0.2) is 0 Å². The van der Waals surface area contributed by atoms with Gasteiger partial charge in [0, 0.05) is 0 Å². The molecule has 0 amide bonds. The van der Waals surface area contributed by atoms with E-state index in [2.05, 4.69) is 20.8 Å². The van der Waals surface area contributed by atoms with Gasteiger partial charge in [0.25, 0.3) is 6.47 Å². The van der Waals surface area contributed by atoms with Crippen LogP contribution >= 0.6 is 7.92 Å². The molecule has 0 saturated heterocycles. The van der Waals surface area contributed by atoms with Crippen molar-refractivity contribution in [3.8, 4) is 0 Å². The Labute approximate surface area is 103 Å². The van der Waals surface area contributed by atoms with Crippen LogP contribution in [0.25, 0.3) is 0 Å². The normalized spacial score (nSPS) is 9.75. The summed E-state index contributed by atoms with van der Waals surface area (Å²) in [5.74, 6) is 0. The lowest BCUT2D eigenvalue weighted by atomic mass is 10.4. The van der Waals surface area contributed by atoms with E-state index in [4.69, 9.17) is 9.90 Å². The molecule has 0 aromatic rings. The highest BCUT2D eigenvalue weighted by molar-refractivity contribution is 7.57. The van der Waals surface area contributed by atoms with Crippen molar-refractivity contribution < 1.29 is 9.90 Å². The molecule has 1 N–H and O–H groups in total. The zero-order valence-corrected chi connectivity index (χ0v) is 12.1. The predicted molar refractivity (Wildman–Crippen MR) is 74.9 cm³/mol. The molecule has 0 radical (unpaired) electrons. The molecule has 0 rings (SSSR count). The largest absolute Gasteiger partial charge is 0.483 e. The summed E-state index contributed by atoms with van der Waals surface area (Å²) in [4.78, 5) is 8.36. The van der Waals surface area contributed by atoms with Gasteiger partial charge in [-0.3, -0.25) is 4.79 Å². The maximum Gasteiger partial charge on any atom is 0.290 e. The molecular formula is C13H29O2P. The second-order valence-electron chi connectivity index (χ2n) is 4.01. The highest BCUT2D eigenvalue weighted by atomic mass is 31.1. The van der Waals surface area contributed by atoms with E-state index in [1.54, 1.807) is 18.5 Å². The number of hydrogen-bond acceptors (Lipinski definition) is 1. The molecule has 0 spiro atoms. The second-order valence-corrected chi connectivity index (χ2v) is 6.69. The van der Waals surface area contributed by atoms with E-state index in [0.29, 0.717) is 7.92 Å². The van der Waals surface area contributed by atoms with Gasteiger partial charge in [-0.2, -0.15) is 0 Å². The second kappa shape index (κ2) is 17.3. The van der Waals surface area contributed by atoms with Gasteiger partial charge in [0.15, 0.2) is 0 Å². The van der Waals surface area contributed by atoms with Gasteiger partial charge < -0.3 is 5.11 Å².